The Morgan fingerprint density at radius 3 is 2.52 bits per heavy atom. The molecule has 0 heterocycles. The Balaban J connectivity index is 2.16. The van der Waals surface area contributed by atoms with Crippen molar-refractivity contribution >= 4 is 34.6 Å². The lowest BCUT2D eigenvalue weighted by molar-refractivity contribution is -0.385. The Morgan fingerprint density at radius 1 is 1.16 bits per heavy atom. The van der Waals surface area contributed by atoms with E-state index < -0.39 is 10.8 Å². The first-order valence-corrected chi connectivity index (χ1v) is 7.45. The van der Waals surface area contributed by atoms with Gasteiger partial charge in [0.25, 0.3) is 11.6 Å². The summed E-state index contributed by atoms with van der Waals surface area (Å²) in [6, 6.07) is 10.6. The van der Waals surface area contributed by atoms with E-state index in [1.165, 1.54) is 38.5 Å². The summed E-state index contributed by atoms with van der Waals surface area (Å²) in [6.07, 6.45) is 0. The molecular formula is C16H15N3O5S. The third-order valence-electron chi connectivity index (χ3n) is 3.23. The van der Waals surface area contributed by atoms with E-state index in [1.54, 1.807) is 18.2 Å². The van der Waals surface area contributed by atoms with Gasteiger partial charge >= 0.3 is 0 Å². The fourth-order valence-corrected chi connectivity index (χ4v) is 2.26. The van der Waals surface area contributed by atoms with Gasteiger partial charge in [0.2, 0.25) is 0 Å². The summed E-state index contributed by atoms with van der Waals surface area (Å²) < 4.78 is 10.3. The highest BCUT2D eigenvalue weighted by molar-refractivity contribution is 7.80. The van der Waals surface area contributed by atoms with Crippen LogP contribution in [-0.2, 0) is 0 Å². The molecule has 0 bridgehead atoms. The van der Waals surface area contributed by atoms with Crippen LogP contribution in [0.1, 0.15) is 10.4 Å². The van der Waals surface area contributed by atoms with Crippen LogP contribution in [0.3, 0.4) is 0 Å². The Bertz CT molecular complexity index is 825. The fraction of sp³-hybridized carbons (Fsp3) is 0.125. The number of nitrogens with zero attached hydrogens (tertiary/aromatic N) is 1. The molecule has 2 aromatic rings. The van der Waals surface area contributed by atoms with E-state index in [9.17, 15) is 14.9 Å². The molecule has 2 aromatic carbocycles. The first-order valence-electron chi connectivity index (χ1n) is 7.04. The van der Waals surface area contributed by atoms with Crippen LogP contribution >= 0.6 is 12.2 Å². The molecule has 9 heteroatoms. The molecule has 0 radical (unpaired) electrons. The number of benzene rings is 2. The number of carbonyl (C=O) groups is 1. The zero-order chi connectivity index (χ0) is 18.4. The number of methoxy groups -OCH3 is 2. The molecule has 0 aliphatic carbocycles. The highest BCUT2D eigenvalue weighted by Crippen LogP contribution is 2.28. The van der Waals surface area contributed by atoms with Crippen molar-refractivity contribution in [3.8, 4) is 11.5 Å². The molecule has 130 valence electrons. The van der Waals surface area contributed by atoms with E-state index in [1.807, 2.05) is 0 Å². The van der Waals surface area contributed by atoms with Gasteiger partial charge in [-0.25, -0.2) is 0 Å². The number of rotatable bonds is 5. The van der Waals surface area contributed by atoms with Crippen LogP contribution in [0.15, 0.2) is 42.5 Å². The largest absolute Gasteiger partial charge is 0.497 e. The maximum absolute atomic E-state index is 12.2. The second-order valence-corrected chi connectivity index (χ2v) is 5.16. The highest BCUT2D eigenvalue weighted by atomic mass is 32.1. The average Bonchev–Trinajstić information content (AvgIpc) is 2.61. The van der Waals surface area contributed by atoms with Gasteiger partial charge in [0, 0.05) is 12.1 Å². The van der Waals surface area contributed by atoms with Gasteiger partial charge in [-0.3, -0.25) is 20.2 Å². The van der Waals surface area contributed by atoms with Crippen molar-refractivity contribution in [2.45, 2.75) is 0 Å². The number of amides is 1. The minimum absolute atomic E-state index is 0.0327. The molecule has 0 aromatic heterocycles. The number of para-hydroxylation sites is 1. The molecule has 2 N–H and O–H groups in total. The number of nitro groups is 1. The quantitative estimate of drug-likeness (QED) is 0.479. The molecule has 0 spiro atoms. The maximum atomic E-state index is 12.2. The molecule has 0 fully saturated rings. The molecule has 0 atom stereocenters. The summed E-state index contributed by atoms with van der Waals surface area (Å²) in [5.74, 6) is 0.367. The van der Waals surface area contributed by atoms with Crippen molar-refractivity contribution in [1.29, 1.82) is 0 Å². The van der Waals surface area contributed by atoms with Gasteiger partial charge in [-0.1, -0.05) is 12.1 Å². The topological polar surface area (TPSA) is 103 Å². The van der Waals surface area contributed by atoms with E-state index in [-0.39, 0.29) is 16.4 Å². The molecule has 0 aliphatic heterocycles. The molecule has 1 amide bonds. The van der Waals surface area contributed by atoms with Crippen molar-refractivity contribution in [2.24, 2.45) is 0 Å². The molecule has 0 saturated heterocycles. The van der Waals surface area contributed by atoms with Crippen LogP contribution in [0.2, 0.25) is 0 Å². The van der Waals surface area contributed by atoms with Crippen molar-refractivity contribution in [3.05, 3.63) is 58.1 Å². The standard InChI is InChI=1S/C16H15N3O5S/c1-23-10-7-8-14(24-2)12(9-10)17-16(25)18-15(20)11-5-3-4-6-13(11)19(21)22/h3-9H,1-2H3,(H2,17,18,20,25). The number of nitro benzene ring substituents is 1. The van der Waals surface area contributed by atoms with E-state index in [0.717, 1.165) is 0 Å². The lowest BCUT2D eigenvalue weighted by Crippen LogP contribution is -2.34. The molecule has 2 rings (SSSR count). The lowest BCUT2D eigenvalue weighted by Gasteiger charge is -2.14. The summed E-state index contributed by atoms with van der Waals surface area (Å²) in [6.45, 7) is 0. The Labute approximate surface area is 148 Å². The number of hydrogen-bond donors (Lipinski definition) is 2. The van der Waals surface area contributed by atoms with Crippen LogP contribution in [0, 0.1) is 10.1 Å². The third-order valence-corrected chi connectivity index (χ3v) is 3.43. The minimum Gasteiger partial charge on any atom is -0.497 e. The SMILES string of the molecule is COc1ccc(OC)c(NC(=S)NC(=O)c2ccccc2[N+](=O)[O-])c1. The van der Waals surface area contributed by atoms with Gasteiger partial charge in [-0.05, 0) is 30.4 Å². The fourth-order valence-electron chi connectivity index (χ4n) is 2.06. The summed E-state index contributed by atoms with van der Waals surface area (Å²) in [7, 11) is 3.00. The number of carbonyl (C=O) groups excluding carboxylic acids is 1. The molecular weight excluding hydrogens is 346 g/mol. The van der Waals surface area contributed by atoms with E-state index >= 15 is 0 Å². The summed E-state index contributed by atoms with van der Waals surface area (Å²) in [4.78, 5) is 22.6. The van der Waals surface area contributed by atoms with Gasteiger partial charge in [0.1, 0.15) is 17.1 Å². The maximum Gasteiger partial charge on any atom is 0.282 e. The van der Waals surface area contributed by atoms with Crippen molar-refractivity contribution < 1.29 is 19.2 Å². The molecule has 8 nitrogen and oxygen atoms in total. The monoisotopic (exact) mass is 361 g/mol. The predicted octanol–water partition coefficient (Wildman–Crippen LogP) is 2.74. The van der Waals surface area contributed by atoms with Crippen LogP contribution < -0.4 is 20.1 Å². The van der Waals surface area contributed by atoms with Crippen molar-refractivity contribution in [1.82, 2.24) is 5.32 Å². The number of nitrogens with one attached hydrogen (secondary N) is 2. The highest BCUT2D eigenvalue weighted by Gasteiger charge is 2.20. The normalized spacial score (nSPS) is 9.84. The Hall–Kier alpha value is -3.20. The molecule has 0 saturated carbocycles. The van der Waals surface area contributed by atoms with Gasteiger partial charge in [-0.2, -0.15) is 0 Å². The molecule has 25 heavy (non-hydrogen) atoms. The van der Waals surface area contributed by atoms with Crippen LogP contribution in [0.5, 0.6) is 11.5 Å². The smallest absolute Gasteiger partial charge is 0.282 e. The van der Waals surface area contributed by atoms with Gasteiger partial charge in [0.15, 0.2) is 5.11 Å². The molecule has 0 unspecified atom stereocenters. The van der Waals surface area contributed by atoms with Gasteiger partial charge in [0.05, 0.1) is 24.8 Å². The van der Waals surface area contributed by atoms with E-state index in [4.69, 9.17) is 21.7 Å². The summed E-state index contributed by atoms with van der Waals surface area (Å²) >= 11 is 5.10. The lowest BCUT2D eigenvalue weighted by atomic mass is 10.1. The van der Waals surface area contributed by atoms with Gasteiger partial charge in [-0.15, -0.1) is 0 Å². The van der Waals surface area contributed by atoms with E-state index in [0.29, 0.717) is 17.2 Å². The zero-order valence-electron chi connectivity index (χ0n) is 13.4. The first-order chi connectivity index (χ1) is 12.0. The molecule has 0 aliphatic rings. The van der Waals surface area contributed by atoms with Crippen molar-refractivity contribution in [2.75, 3.05) is 19.5 Å². The minimum atomic E-state index is -0.688. The van der Waals surface area contributed by atoms with Gasteiger partial charge < -0.3 is 14.8 Å². The third kappa shape index (κ3) is 4.42. The zero-order valence-corrected chi connectivity index (χ0v) is 14.3. The predicted molar refractivity (Wildman–Crippen MR) is 96.3 cm³/mol. The number of hydrogen-bond acceptors (Lipinski definition) is 6. The van der Waals surface area contributed by atoms with Crippen LogP contribution in [-0.4, -0.2) is 30.2 Å². The first kappa shape index (κ1) is 18.1. The summed E-state index contributed by atoms with van der Waals surface area (Å²) in [5.41, 5.74) is 0.0886. The second kappa shape index (κ2) is 8.06. The Morgan fingerprint density at radius 2 is 1.88 bits per heavy atom. The Kier molecular flexibility index (Phi) is 5.85. The van der Waals surface area contributed by atoms with Crippen molar-refractivity contribution in [3.63, 3.8) is 0 Å². The average molecular weight is 361 g/mol. The second-order valence-electron chi connectivity index (χ2n) is 4.75. The summed E-state index contributed by atoms with van der Waals surface area (Å²) in [5, 5.41) is 16.2. The van der Waals surface area contributed by atoms with Crippen LogP contribution in [0.25, 0.3) is 0 Å². The number of anilines is 1. The number of ether oxygens (including phenoxy) is 2. The van der Waals surface area contributed by atoms with E-state index in [2.05, 4.69) is 10.6 Å². The van der Waals surface area contributed by atoms with Crippen LogP contribution in [0.4, 0.5) is 11.4 Å². The number of thiocarbonyl (C=S) groups is 1.